The van der Waals surface area contributed by atoms with Gasteiger partial charge in [0.1, 0.15) is 0 Å². The second kappa shape index (κ2) is 3.34. The molecular formula is C10H14N2O3. The molecule has 1 fully saturated rings. The number of aryl methyl sites for hydroxylation is 1. The summed E-state index contributed by atoms with van der Waals surface area (Å²) in [4.78, 5) is 13.4. The smallest absolute Gasteiger partial charge is 0.292 e. The Labute approximate surface area is 87.7 Å². The Hall–Kier alpha value is -1.36. The molecule has 82 valence electrons. The monoisotopic (exact) mass is 210 g/mol. The first-order chi connectivity index (χ1) is 7.06. The van der Waals surface area contributed by atoms with Crippen molar-refractivity contribution in [3.63, 3.8) is 0 Å². The Morgan fingerprint density at radius 3 is 2.87 bits per heavy atom. The van der Waals surface area contributed by atoms with E-state index in [0.29, 0.717) is 19.5 Å². The van der Waals surface area contributed by atoms with E-state index in [1.54, 1.807) is 11.8 Å². The van der Waals surface area contributed by atoms with Gasteiger partial charge in [-0.25, -0.2) is 0 Å². The van der Waals surface area contributed by atoms with Crippen LogP contribution < -0.4 is 0 Å². The van der Waals surface area contributed by atoms with E-state index in [2.05, 4.69) is 5.16 Å². The fraction of sp³-hybridized carbons (Fsp3) is 0.600. The van der Waals surface area contributed by atoms with Crippen LogP contribution in [0.4, 0.5) is 0 Å². The van der Waals surface area contributed by atoms with Crippen molar-refractivity contribution in [2.45, 2.75) is 25.9 Å². The average Bonchev–Trinajstić information content (AvgIpc) is 2.58. The van der Waals surface area contributed by atoms with Crippen LogP contribution >= 0.6 is 0 Å². The van der Waals surface area contributed by atoms with Gasteiger partial charge in [0.2, 0.25) is 5.76 Å². The molecule has 1 aromatic rings. The van der Waals surface area contributed by atoms with Crippen LogP contribution in [-0.4, -0.2) is 39.8 Å². The second-order valence-corrected chi connectivity index (χ2v) is 4.08. The number of likely N-dealkylation sites (tertiary alicyclic amines) is 1. The van der Waals surface area contributed by atoms with Crippen molar-refractivity contribution in [1.82, 2.24) is 10.1 Å². The van der Waals surface area contributed by atoms with E-state index in [0.717, 1.165) is 5.56 Å². The van der Waals surface area contributed by atoms with Crippen molar-refractivity contribution in [2.75, 3.05) is 13.1 Å². The van der Waals surface area contributed by atoms with Crippen molar-refractivity contribution < 1.29 is 14.4 Å². The molecule has 0 spiro atoms. The molecule has 0 atom stereocenters. The molecule has 1 aromatic heterocycles. The van der Waals surface area contributed by atoms with Gasteiger partial charge in [-0.05, 0) is 13.3 Å². The van der Waals surface area contributed by atoms with Gasteiger partial charge in [-0.2, -0.15) is 0 Å². The number of β-amino-alcohol motifs (C(OH)–C–C–N with tert-alkyl or cyclic N) is 1. The quantitative estimate of drug-likeness (QED) is 0.775. The molecule has 5 heteroatoms. The summed E-state index contributed by atoms with van der Waals surface area (Å²) in [6, 6.07) is 0. The fourth-order valence-corrected chi connectivity index (χ4v) is 1.67. The predicted molar refractivity (Wildman–Crippen MR) is 52.4 cm³/mol. The number of hydrogen-bond acceptors (Lipinski definition) is 4. The first-order valence-electron chi connectivity index (χ1n) is 4.99. The molecule has 5 nitrogen and oxygen atoms in total. The first kappa shape index (κ1) is 10.2. The van der Waals surface area contributed by atoms with Crippen LogP contribution in [0, 0.1) is 6.92 Å². The molecular weight excluding hydrogens is 196 g/mol. The van der Waals surface area contributed by atoms with E-state index in [4.69, 9.17) is 4.52 Å². The van der Waals surface area contributed by atoms with Crippen LogP contribution in [0.3, 0.4) is 0 Å². The van der Waals surface area contributed by atoms with E-state index >= 15 is 0 Å². The molecule has 1 aliphatic rings. The minimum Gasteiger partial charge on any atom is -0.386 e. The summed E-state index contributed by atoms with van der Waals surface area (Å²) in [6.07, 6.45) is 2.17. The number of aliphatic hydroxyl groups is 1. The van der Waals surface area contributed by atoms with Crippen molar-refractivity contribution in [1.29, 1.82) is 0 Å². The Morgan fingerprint density at radius 1 is 1.73 bits per heavy atom. The molecule has 1 N–H and O–H groups in total. The van der Waals surface area contributed by atoms with E-state index in [1.165, 1.54) is 6.20 Å². The molecule has 0 aliphatic carbocycles. The highest BCUT2D eigenvalue weighted by Gasteiger charge is 2.43. The molecule has 1 aliphatic heterocycles. The zero-order valence-electron chi connectivity index (χ0n) is 8.86. The summed E-state index contributed by atoms with van der Waals surface area (Å²) in [5.74, 6) is 0.0799. The third kappa shape index (κ3) is 1.63. The van der Waals surface area contributed by atoms with Crippen molar-refractivity contribution in [2.24, 2.45) is 0 Å². The summed E-state index contributed by atoms with van der Waals surface area (Å²) < 4.78 is 4.86. The van der Waals surface area contributed by atoms with Gasteiger partial charge in [-0.15, -0.1) is 0 Å². The average molecular weight is 210 g/mol. The predicted octanol–water partition coefficient (Wildman–Crippen LogP) is 0.580. The maximum absolute atomic E-state index is 11.8. The van der Waals surface area contributed by atoms with Crippen LogP contribution in [0.25, 0.3) is 0 Å². The highest BCUT2D eigenvalue weighted by atomic mass is 16.5. The van der Waals surface area contributed by atoms with Crippen LogP contribution in [0.1, 0.15) is 29.5 Å². The van der Waals surface area contributed by atoms with Crippen molar-refractivity contribution >= 4 is 5.91 Å². The Kier molecular flexibility index (Phi) is 2.26. The number of carbonyl (C=O) groups excluding carboxylic acids is 1. The highest BCUT2D eigenvalue weighted by molar-refractivity contribution is 5.93. The third-order valence-electron chi connectivity index (χ3n) is 2.86. The van der Waals surface area contributed by atoms with Crippen LogP contribution in [0.5, 0.6) is 0 Å². The number of amides is 1. The molecule has 2 rings (SSSR count). The molecule has 15 heavy (non-hydrogen) atoms. The lowest BCUT2D eigenvalue weighted by Crippen LogP contribution is -2.63. The lowest BCUT2D eigenvalue weighted by molar-refractivity contribution is -0.0836. The minimum atomic E-state index is -0.705. The molecule has 1 amide bonds. The Balaban J connectivity index is 2.04. The van der Waals surface area contributed by atoms with Gasteiger partial charge in [-0.1, -0.05) is 12.1 Å². The lowest BCUT2D eigenvalue weighted by Gasteiger charge is -2.45. The van der Waals surface area contributed by atoms with Gasteiger partial charge in [-0.3, -0.25) is 4.79 Å². The fourth-order valence-electron chi connectivity index (χ4n) is 1.67. The minimum absolute atomic E-state index is 0.192. The van der Waals surface area contributed by atoms with Gasteiger partial charge in [0.05, 0.1) is 24.9 Å². The number of rotatable bonds is 2. The van der Waals surface area contributed by atoms with E-state index in [1.807, 2.05) is 6.92 Å². The van der Waals surface area contributed by atoms with Gasteiger partial charge < -0.3 is 14.5 Å². The van der Waals surface area contributed by atoms with Gasteiger partial charge in [0, 0.05) is 5.56 Å². The molecule has 0 aromatic carbocycles. The largest absolute Gasteiger partial charge is 0.386 e. The first-order valence-corrected chi connectivity index (χ1v) is 4.99. The Morgan fingerprint density at radius 2 is 2.40 bits per heavy atom. The Bertz CT molecular complexity index is 380. The molecule has 2 heterocycles. The van der Waals surface area contributed by atoms with Crippen molar-refractivity contribution in [3.05, 3.63) is 17.5 Å². The number of aromatic nitrogens is 1. The number of carbonyl (C=O) groups is 1. The normalized spacial score (nSPS) is 18.7. The van der Waals surface area contributed by atoms with E-state index < -0.39 is 5.60 Å². The summed E-state index contributed by atoms with van der Waals surface area (Å²) in [6.45, 7) is 4.43. The highest BCUT2D eigenvalue weighted by Crippen LogP contribution is 2.26. The van der Waals surface area contributed by atoms with Crippen LogP contribution in [0.15, 0.2) is 10.7 Å². The zero-order chi connectivity index (χ0) is 11.1. The number of nitrogens with zero attached hydrogens (tertiary/aromatic N) is 2. The summed E-state index contributed by atoms with van der Waals surface area (Å²) in [7, 11) is 0. The van der Waals surface area contributed by atoms with E-state index in [-0.39, 0.29) is 11.7 Å². The molecule has 0 bridgehead atoms. The summed E-state index contributed by atoms with van der Waals surface area (Å²) >= 11 is 0. The molecule has 0 saturated carbocycles. The summed E-state index contributed by atoms with van der Waals surface area (Å²) in [5, 5.41) is 13.3. The van der Waals surface area contributed by atoms with Gasteiger partial charge in [0.25, 0.3) is 5.91 Å². The maximum atomic E-state index is 11.8. The molecule has 0 unspecified atom stereocenters. The molecule has 0 radical (unpaired) electrons. The van der Waals surface area contributed by atoms with E-state index in [9.17, 15) is 9.90 Å². The van der Waals surface area contributed by atoms with Crippen molar-refractivity contribution in [3.8, 4) is 0 Å². The van der Waals surface area contributed by atoms with Gasteiger partial charge >= 0.3 is 0 Å². The molecule has 1 saturated heterocycles. The lowest BCUT2D eigenvalue weighted by atomic mass is 9.91. The summed E-state index contributed by atoms with van der Waals surface area (Å²) in [5.41, 5.74) is 0.0239. The van der Waals surface area contributed by atoms with Crippen LogP contribution in [0.2, 0.25) is 0 Å². The number of hydrogen-bond donors (Lipinski definition) is 1. The third-order valence-corrected chi connectivity index (χ3v) is 2.86. The van der Waals surface area contributed by atoms with Crippen LogP contribution in [-0.2, 0) is 0 Å². The SMILES string of the molecule is CCC1(O)CN(C(=O)c2oncc2C)C1. The second-order valence-electron chi connectivity index (χ2n) is 4.08. The maximum Gasteiger partial charge on any atom is 0.292 e. The standard InChI is InChI=1S/C10H14N2O3/c1-3-10(14)5-12(6-10)9(13)8-7(2)4-11-15-8/h4,14H,3,5-6H2,1-2H3. The van der Waals surface area contributed by atoms with Gasteiger partial charge in [0.15, 0.2) is 0 Å². The topological polar surface area (TPSA) is 66.6 Å². The zero-order valence-corrected chi connectivity index (χ0v) is 8.86.